The van der Waals surface area contributed by atoms with Gasteiger partial charge in [0, 0.05) is 29.7 Å². The summed E-state index contributed by atoms with van der Waals surface area (Å²) in [7, 11) is 0. The van der Waals surface area contributed by atoms with E-state index in [-0.39, 0.29) is 25.5 Å². The van der Waals surface area contributed by atoms with Crippen LogP contribution < -0.4 is 5.32 Å². The molecule has 2 aromatic heterocycles. The molecule has 0 unspecified atom stereocenters. The molecular formula is C30H28Cl2F2N4O3. The molecule has 0 aliphatic rings. The van der Waals surface area contributed by atoms with Crippen LogP contribution >= 0.6 is 23.2 Å². The summed E-state index contributed by atoms with van der Waals surface area (Å²) in [5, 5.41) is 4.43. The zero-order valence-electron chi connectivity index (χ0n) is 22.2. The van der Waals surface area contributed by atoms with Crippen molar-refractivity contribution in [2.24, 2.45) is 0 Å². The van der Waals surface area contributed by atoms with E-state index in [9.17, 15) is 18.4 Å². The Morgan fingerprint density at radius 3 is 1.88 bits per heavy atom. The molecule has 1 amide bonds. The van der Waals surface area contributed by atoms with Crippen molar-refractivity contribution in [1.29, 1.82) is 0 Å². The monoisotopic (exact) mass is 600 g/mol. The van der Waals surface area contributed by atoms with Crippen molar-refractivity contribution in [2.75, 3.05) is 6.61 Å². The smallest absolute Gasteiger partial charge is 0.397 e. The highest BCUT2D eigenvalue weighted by Gasteiger charge is 2.24. The first kappa shape index (κ1) is 31.6. The molecule has 11 heteroatoms. The van der Waals surface area contributed by atoms with Crippen molar-refractivity contribution >= 4 is 35.1 Å². The average Bonchev–Trinajstić information content (AvgIpc) is 2.97. The van der Waals surface area contributed by atoms with E-state index in [0.29, 0.717) is 29.4 Å². The Morgan fingerprint density at radius 2 is 1.34 bits per heavy atom. The van der Waals surface area contributed by atoms with Crippen molar-refractivity contribution in [3.8, 4) is 0 Å². The number of rotatable bonds is 9. The fourth-order valence-electron chi connectivity index (χ4n) is 3.53. The molecule has 2 heterocycles. The van der Waals surface area contributed by atoms with Gasteiger partial charge < -0.3 is 15.0 Å². The van der Waals surface area contributed by atoms with E-state index in [1.807, 2.05) is 24.3 Å². The molecular weight excluding hydrogens is 573 g/mol. The van der Waals surface area contributed by atoms with Crippen molar-refractivity contribution in [1.82, 2.24) is 20.2 Å². The van der Waals surface area contributed by atoms with E-state index in [1.54, 1.807) is 37.3 Å². The highest BCUT2D eigenvalue weighted by Crippen LogP contribution is 2.19. The molecule has 7 nitrogen and oxygen atoms in total. The van der Waals surface area contributed by atoms with Gasteiger partial charge in [-0.2, -0.15) is 0 Å². The fourth-order valence-corrected chi connectivity index (χ4v) is 3.93. The van der Waals surface area contributed by atoms with E-state index < -0.39 is 17.7 Å². The van der Waals surface area contributed by atoms with Crippen molar-refractivity contribution in [3.63, 3.8) is 0 Å². The third kappa shape index (κ3) is 10.5. The van der Waals surface area contributed by atoms with Gasteiger partial charge in [-0.05, 0) is 54.4 Å². The van der Waals surface area contributed by atoms with E-state index in [4.69, 9.17) is 27.9 Å². The van der Waals surface area contributed by atoms with Gasteiger partial charge in [0.1, 0.15) is 11.6 Å². The molecule has 214 valence electrons. The summed E-state index contributed by atoms with van der Waals surface area (Å²) in [5.74, 6) is -2.55. The first-order valence-electron chi connectivity index (χ1n) is 12.6. The lowest BCUT2D eigenvalue weighted by atomic mass is 10.2. The number of amides is 1. The van der Waals surface area contributed by atoms with Gasteiger partial charge in [-0.1, -0.05) is 59.6 Å². The second kappa shape index (κ2) is 16.4. The first-order valence-corrected chi connectivity index (χ1v) is 13.4. The molecule has 0 atom stereocenters. The first-order chi connectivity index (χ1) is 19.8. The van der Waals surface area contributed by atoms with Gasteiger partial charge in [0.2, 0.25) is 0 Å². The molecule has 0 aliphatic carbocycles. The molecule has 0 fully saturated rings. The molecule has 0 bridgehead atoms. The van der Waals surface area contributed by atoms with Crippen LogP contribution in [-0.4, -0.2) is 33.4 Å². The number of nitrogens with zero attached hydrogens (tertiary/aromatic N) is 3. The quantitative estimate of drug-likeness (QED) is 0.184. The maximum Gasteiger partial charge on any atom is 0.397 e. The third-order valence-electron chi connectivity index (χ3n) is 5.57. The van der Waals surface area contributed by atoms with Crippen molar-refractivity contribution in [3.05, 3.63) is 129 Å². The molecule has 0 saturated heterocycles. The number of esters is 1. The number of pyridine rings is 2. The number of hydrogen-bond acceptors (Lipinski definition) is 6. The lowest BCUT2D eigenvalue weighted by Gasteiger charge is -2.22. The Labute approximate surface area is 247 Å². The summed E-state index contributed by atoms with van der Waals surface area (Å²) >= 11 is 12.1. The van der Waals surface area contributed by atoms with Gasteiger partial charge in [0.25, 0.3) is 0 Å². The molecule has 2 aromatic carbocycles. The predicted molar refractivity (Wildman–Crippen MR) is 153 cm³/mol. The Balaban J connectivity index is 0.000000239. The Bertz CT molecular complexity index is 1420. The van der Waals surface area contributed by atoms with Crippen LogP contribution in [0.3, 0.4) is 0 Å². The summed E-state index contributed by atoms with van der Waals surface area (Å²) in [4.78, 5) is 33.2. The van der Waals surface area contributed by atoms with Gasteiger partial charge in [0.15, 0.2) is 0 Å². The zero-order valence-corrected chi connectivity index (χ0v) is 23.7. The lowest BCUT2D eigenvalue weighted by molar-refractivity contribution is -0.160. The second-order valence-electron chi connectivity index (χ2n) is 8.60. The minimum Gasteiger partial charge on any atom is -0.459 e. The van der Waals surface area contributed by atoms with Crippen molar-refractivity contribution in [2.45, 2.75) is 33.1 Å². The van der Waals surface area contributed by atoms with Gasteiger partial charge in [-0.3, -0.25) is 14.8 Å². The number of carbonyl (C=O) groups is 2. The maximum absolute atomic E-state index is 13.0. The van der Waals surface area contributed by atoms with Gasteiger partial charge in [-0.25, -0.2) is 13.6 Å². The molecule has 4 aromatic rings. The minimum absolute atomic E-state index is 0.0309. The Hall–Kier alpha value is -3.92. The number of benzene rings is 2. The summed E-state index contributed by atoms with van der Waals surface area (Å²) in [6.45, 7) is 3.11. The van der Waals surface area contributed by atoms with E-state index >= 15 is 0 Å². The molecule has 0 aliphatic heterocycles. The van der Waals surface area contributed by atoms with Crippen LogP contribution in [0.5, 0.6) is 0 Å². The fraction of sp³-hybridized carbons (Fsp3) is 0.200. The van der Waals surface area contributed by atoms with E-state index in [0.717, 1.165) is 22.5 Å². The SMILES string of the molecule is CCOC(=O)C(=O)N(Cc1ccc(F)cn1)Cc1ccccc1Cl.Fc1ccc(CNCc2ccccc2Cl)nc1. The maximum atomic E-state index is 13.0. The normalized spacial score (nSPS) is 10.4. The summed E-state index contributed by atoms with van der Waals surface area (Å²) in [6.07, 6.45) is 2.27. The molecule has 0 radical (unpaired) electrons. The molecule has 4 rings (SSSR count). The molecule has 0 saturated carbocycles. The number of hydrogen-bond donors (Lipinski definition) is 1. The average molecular weight is 601 g/mol. The standard InChI is InChI=1S/C17H16ClFN2O3.C13H12ClFN2/c1-2-24-17(23)16(22)21(10-12-5-3-4-6-15(12)18)11-14-8-7-13(19)9-20-14;14-13-4-2-1-3-10(13)7-16-9-12-6-5-11(15)8-17-12/h3-9H,2,10-11H2,1H3;1-6,8,16H,7,9H2. The van der Waals surface area contributed by atoms with Crippen LogP contribution in [0.15, 0.2) is 85.2 Å². The highest BCUT2D eigenvalue weighted by molar-refractivity contribution is 6.33. The summed E-state index contributed by atoms with van der Waals surface area (Å²) < 4.78 is 30.4. The van der Waals surface area contributed by atoms with E-state index in [2.05, 4.69) is 15.3 Å². The largest absolute Gasteiger partial charge is 0.459 e. The number of carbonyl (C=O) groups excluding carboxylic acids is 2. The van der Waals surface area contributed by atoms with Crippen LogP contribution in [0.1, 0.15) is 29.4 Å². The Morgan fingerprint density at radius 1 is 0.780 bits per heavy atom. The number of halogens is 4. The number of aromatic nitrogens is 2. The second-order valence-corrected chi connectivity index (χ2v) is 9.42. The van der Waals surface area contributed by atoms with Crippen LogP contribution in [-0.2, 0) is 40.5 Å². The van der Waals surface area contributed by atoms with Crippen LogP contribution in [0, 0.1) is 11.6 Å². The van der Waals surface area contributed by atoms with Gasteiger partial charge >= 0.3 is 11.9 Å². The molecule has 1 N–H and O–H groups in total. The summed E-state index contributed by atoms with van der Waals surface area (Å²) in [6, 6.07) is 20.4. The predicted octanol–water partition coefficient (Wildman–Crippen LogP) is 6.13. The van der Waals surface area contributed by atoms with Crippen LogP contribution in [0.2, 0.25) is 10.0 Å². The van der Waals surface area contributed by atoms with E-state index in [1.165, 1.54) is 29.3 Å². The number of nitrogens with one attached hydrogen (secondary N) is 1. The van der Waals surface area contributed by atoms with Gasteiger partial charge in [0.05, 0.1) is 36.9 Å². The molecule has 0 spiro atoms. The third-order valence-corrected chi connectivity index (χ3v) is 6.30. The van der Waals surface area contributed by atoms with Crippen molar-refractivity contribution < 1.29 is 23.1 Å². The minimum atomic E-state index is -0.952. The molecule has 41 heavy (non-hydrogen) atoms. The topological polar surface area (TPSA) is 84.4 Å². The number of ether oxygens (including phenoxy) is 1. The van der Waals surface area contributed by atoms with Crippen LogP contribution in [0.4, 0.5) is 8.78 Å². The highest BCUT2D eigenvalue weighted by atomic mass is 35.5. The van der Waals surface area contributed by atoms with Crippen LogP contribution in [0.25, 0.3) is 0 Å². The summed E-state index contributed by atoms with van der Waals surface area (Å²) in [5.41, 5.74) is 2.97. The zero-order chi connectivity index (χ0) is 29.6. The lowest BCUT2D eigenvalue weighted by Crippen LogP contribution is -2.37. The van der Waals surface area contributed by atoms with Gasteiger partial charge in [-0.15, -0.1) is 0 Å². The Kier molecular flexibility index (Phi) is 12.6.